The number of hydrogen-bond acceptors (Lipinski definition) is 0. The molecule has 0 aliphatic heterocycles. The molecule has 1 heterocycles. The first kappa shape index (κ1) is 24.2. The van der Waals surface area contributed by atoms with E-state index in [2.05, 4.69) is 42.3 Å². The van der Waals surface area contributed by atoms with Crippen LogP contribution in [0.1, 0.15) is 129 Å². The molecule has 27 heavy (non-hydrogen) atoms. The third kappa shape index (κ3) is 11.6. The Morgan fingerprint density at radius 1 is 0.630 bits per heavy atom. The summed E-state index contributed by atoms with van der Waals surface area (Å²) >= 11 is 0. The smallest absolute Gasteiger partial charge is 0.234 e. The highest BCUT2D eigenvalue weighted by atomic mass is 15.1. The van der Waals surface area contributed by atoms with E-state index in [0.717, 1.165) is 6.42 Å². The van der Waals surface area contributed by atoms with Gasteiger partial charge in [0, 0.05) is 6.42 Å². The standard InChI is InChI=1S/C25H49N2/c1-4-7-9-11-13-15-17-19-21-26-23-24-27(25(26)6-3)22-20-18-16-14-12-10-8-5-2/h23-24H,4-22H2,1-3H3/q+1. The minimum atomic E-state index is 1.15. The Kier molecular flexibility index (Phi) is 15.6. The first-order chi connectivity index (χ1) is 13.3. The molecular weight excluding hydrogens is 328 g/mol. The Morgan fingerprint density at radius 3 is 1.63 bits per heavy atom. The average molecular weight is 378 g/mol. The Bertz CT molecular complexity index is 398. The van der Waals surface area contributed by atoms with E-state index >= 15 is 0 Å². The van der Waals surface area contributed by atoms with Gasteiger partial charge in [-0.1, -0.05) is 97.8 Å². The number of imidazole rings is 1. The van der Waals surface area contributed by atoms with E-state index in [9.17, 15) is 0 Å². The normalized spacial score (nSPS) is 11.4. The topological polar surface area (TPSA) is 8.81 Å². The SMILES string of the molecule is CCCCCCCCCCn1cc[n+](CCCCCCCCCC)c1CC. The highest BCUT2D eigenvalue weighted by Crippen LogP contribution is 2.11. The number of hydrogen-bond donors (Lipinski definition) is 0. The van der Waals surface area contributed by atoms with E-state index in [1.165, 1.54) is 122 Å². The monoisotopic (exact) mass is 377 g/mol. The molecule has 0 amide bonds. The van der Waals surface area contributed by atoms with E-state index in [4.69, 9.17) is 0 Å². The summed E-state index contributed by atoms with van der Waals surface area (Å²) in [5.74, 6) is 1.53. The lowest BCUT2D eigenvalue weighted by molar-refractivity contribution is -0.704. The zero-order valence-corrected chi connectivity index (χ0v) is 19.0. The fourth-order valence-corrected chi connectivity index (χ4v) is 4.14. The van der Waals surface area contributed by atoms with Gasteiger partial charge in [-0.15, -0.1) is 0 Å². The molecule has 0 spiro atoms. The average Bonchev–Trinajstić information content (AvgIpc) is 3.07. The van der Waals surface area contributed by atoms with Crippen LogP contribution in [-0.4, -0.2) is 4.57 Å². The molecule has 0 atom stereocenters. The maximum atomic E-state index is 2.52. The molecule has 1 aromatic rings. The Labute approximate surface area is 170 Å². The molecule has 0 bridgehead atoms. The predicted octanol–water partition coefficient (Wildman–Crippen LogP) is 7.62. The van der Waals surface area contributed by atoms with Crippen LogP contribution in [0.2, 0.25) is 0 Å². The summed E-state index contributed by atoms with van der Waals surface area (Å²) < 4.78 is 5.03. The summed E-state index contributed by atoms with van der Waals surface area (Å²) in [6.45, 7) is 9.32. The second-order valence-corrected chi connectivity index (χ2v) is 8.40. The van der Waals surface area contributed by atoms with Crippen molar-refractivity contribution < 1.29 is 4.57 Å². The van der Waals surface area contributed by atoms with Crippen LogP contribution in [-0.2, 0) is 19.5 Å². The predicted molar refractivity (Wildman–Crippen MR) is 119 cm³/mol. The van der Waals surface area contributed by atoms with Gasteiger partial charge in [0.2, 0.25) is 0 Å². The van der Waals surface area contributed by atoms with Crippen molar-refractivity contribution in [1.29, 1.82) is 0 Å². The van der Waals surface area contributed by atoms with Gasteiger partial charge in [-0.3, -0.25) is 0 Å². The van der Waals surface area contributed by atoms with Gasteiger partial charge in [0.15, 0.2) is 0 Å². The molecule has 0 fully saturated rings. The van der Waals surface area contributed by atoms with Crippen LogP contribution >= 0.6 is 0 Å². The fourth-order valence-electron chi connectivity index (χ4n) is 4.14. The van der Waals surface area contributed by atoms with Crippen LogP contribution in [0.25, 0.3) is 0 Å². The van der Waals surface area contributed by atoms with Crippen molar-refractivity contribution in [1.82, 2.24) is 4.57 Å². The first-order valence-corrected chi connectivity index (χ1v) is 12.4. The molecule has 0 radical (unpaired) electrons. The molecule has 158 valence electrons. The van der Waals surface area contributed by atoms with E-state index in [-0.39, 0.29) is 0 Å². The van der Waals surface area contributed by atoms with E-state index in [1.807, 2.05) is 0 Å². The lowest BCUT2D eigenvalue weighted by Crippen LogP contribution is -2.37. The van der Waals surface area contributed by atoms with Crippen molar-refractivity contribution in [2.24, 2.45) is 0 Å². The van der Waals surface area contributed by atoms with Gasteiger partial charge in [-0.05, 0) is 25.7 Å². The highest BCUT2D eigenvalue weighted by molar-refractivity contribution is 4.83. The highest BCUT2D eigenvalue weighted by Gasteiger charge is 2.14. The van der Waals surface area contributed by atoms with Crippen molar-refractivity contribution >= 4 is 0 Å². The number of aryl methyl sites for hydroxylation is 2. The third-order valence-electron chi connectivity index (χ3n) is 5.91. The van der Waals surface area contributed by atoms with Crippen LogP contribution in [0.15, 0.2) is 12.4 Å². The molecule has 0 aliphatic rings. The second-order valence-electron chi connectivity index (χ2n) is 8.40. The molecule has 2 nitrogen and oxygen atoms in total. The van der Waals surface area contributed by atoms with Crippen LogP contribution in [0.4, 0.5) is 0 Å². The lowest BCUT2D eigenvalue weighted by atomic mass is 10.1. The molecule has 1 aromatic heterocycles. The maximum absolute atomic E-state index is 2.52. The Morgan fingerprint density at radius 2 is 1.11 bits per heavy atom. The second kappa shape index (κ2) is 17.3. The summed E-state index contributed by atoms with van der Waals surface area (Å²) in [5, 5.41) is 0. The molecule has 2 heteroatoms. The van der Waals surface area contributed by atoms with Gasteiger partial charge >= 0.3 is 0 Å². The summed E-state index contributed by atoms with van der Waals surface area (Å²) in [7, 11) is 0. The van der Waals surface area contributed by atoms with Crippen molar-refractivity contribution in [2.75, 3.05) is 0 Å². The molecule has 0 saturated heterocycles. The molecular formula is C25H49N2+. The van der Waals surface area contributed by atoms with Crippen molar-refractivity contribution in [2.45, 2.75) is 143 Å². The van der Waals surface area contributed by atoms with Gasteiger partial charge < -0.3 is 0 Å². The minimum absolute atomic E-state index is 1.15. The van der Waals surface area contributed by atoms with Gasteiger partial charge in [-0.2, -0.15) is 0 Å². The number of unbranched alkanes of at least 4 members (excludes halogenated alkanes) is 14. The fraction of sp³-hybridized carbons (Fsp3) is 0.880. The number of nitrogens with zero attached hydrogens (tertiary/aromatic N) is 2. The van der Waals surface area contributed by atoms with Gasteiger partial charge in [0.1, 0.15) is 12.4 Å². The zero-order chi connectivity index (χ0) is 19.6. The third-order valence-corrected chi connectivity index (χ3v) is 5.91. The molecule has 1 rings (SSSR count). The summed E-state index contributed by atoms with van der Waals surface area (Å²) in [4.78, 5) is 0. The van der Waals surface area contributed by atoms with Crippen LogP contribution < -0.4 is 4.57 Å². The number of aromatic nitrogens is 2. The first-order valence-electron chi connectivity index (χ1n) is 12.4. The van der Waals surface area contributed by atoms with E-state index < -0.39 is 0 Å². The van der Waals surface area contributed by atoms with Crippen LogP contribution in [0.3, 0.4) is 0 Å². The minimum Gasteiger partial charge on any atom is -0.234 e. The molecule has 0 unspecified atom stereocenters. The summed E-state index contributed by atoms with van der Waals surface area (Å²) in [6.07, 6.45) is 28.3. The quantitative estimate of drug-likeness (QED) is 0.173. The lowest BCUT2D eigenvalue weighted by Gasteiger charge is -2.05. The molecule has 0 saturated carbocycles. The van der Waals surface area contributed by atoms with Crippen molar-refractivity contribution in [3.8, 4) is 0 Å². The molecule has 0 N–H and O–H groups in total. The summed E-state index contributed by atoms with van der Waals surface area (Å²) in [5.41, 5.74) is 0. The largest absolute Gasteiger partial charge is 0.256 e. The van der Waals surface area contributed by atoms with E-state index in [0.29, 0.717) is 0 Å². The molecule has 0 aromatic carbocycles. The Balaban J connectivity index is 2.14. The van der Waals surface area contributed by atoms with Crippen molar-refractivity contribution in [3.05, 3.63) is 18.2 Å². The van der Waals surface area contributed by atoms with Gasteiger partial charge in [0.05, 0.1) is 13.1 Å². The van der Waals surface area contributed by atoms with Crippen molar-refractivity contribution in [3.63, 3.8) is 0 Å². The maximum Gasteiger partial charge on any atom is 0.256 e. The van der Waals surface area contributed by atoms with E-state index in [1.54, 1.807) is 0 Å². The summed E-state index contributed by atoms with van der Waals surface area (Å²) in [6, 6.07) is 0. The van der Waals surface area contributed by atoms with Gasteiger partial charge in [-0.25, -0.2) is 9.13 Å². The molecule has 0 aliphatic carbocycles. The number of rotatable bonds is 19. The van der Waals surface area contributed by atoms with Gasteiger partial charge in [0.25, 0.3) is 5.82 Å². The van der Waals surface area contributed by atoms with Crippen LogP contribution in [0, 0.1) is 0 Å². The zero-order valence-electron chi connectivity index (χ0n) is 19.0. The Hall–Kier alpha value is -0.790. The van der Waals surface area contributed by atoms with Crippen LogP contribution in [0.5, 0.6) is 0 Å².